The van der Waals surface area contributed by atoms with Gasteiger partial charge in [-0.2, -0.15) is 0 Å². The maximum absolute atomic E-state index is 13.1. The molecule has 3 aliphatic rings. The molecular formula is C23H31N3O5S. The van der Waals surface area contributed by atoms with Crippen LogP contribution in [0.2, 0.25) is 0 Å². The number of hydrogen-bond donors (Lipinski definition) is 2. The van der Waals surface area contributed by atoms with Crippen molar-refractivity contribution in [2.24, 2.45) is 11.8 Å². The Kier molecular flexibility index (Phi) is 6.29. The topological polar surface area (TPSA) is 105 Å². The van der Waals surface area contributed by atoms with E-state index in [-0.39, 0.29) is 25.0 Å². The van der Waals surface area contributed by atoms with Crippen LogP contribution in [-0.4, -0.2) is 47.4 Å². The Morgan fingerprint density at radius 2 is 2.03 bits per heavy atom. The van der Waals surface area contributed by atoms with Crippen molar-refractivity contribution in [3.8, 4) is 0 Å². The minimum absolute atomic E-state index is 0.0298. The van der Waals surface area contributed by atoms with Crippen molar-refractivity contribution < 1.29 is 23.9 Å². The van der Waals surface area contributed by atoms with Gasteiger partial charge in [0.1, 0.15) is 17.1 Å². The smallest absolute Gasteiger partial charge is 0.341 e. The van der Waals surface area contributed by atoms with E-state index in [0.29, 0.717) is 22.9 Å². The third-order valence-electron chi connectivity index (χ3n) is 7.05. The second kappa shape index (κ2) is 8.84. The number of ether oxygens (including phenoxy) is 1. The second-order valence-electron chi connectivity index (χ2n) is 9.26. The van der Waals surface area contributed by atoms with E-state index in [4.69, 9.17) is 4.74 Å². The molecule has 8 nitrogen and oxygen atoms in total. The quantitative estimate of drug-likeness (QED) is 0.516. The molecule has 174 valence electrons. The molecular weight excluding hydrogens is 430 g/mol. The highest BCUT2D eigenvalue weighted by Gasteiger charge is 2.55. The summed E-state index contributed by atoms with van der Waals surface area (Å²) in [5.41, 5.74) is 0.470. The van der Waals surface area contributed by atoms with E-state index in [1.54, 1.807) is 6.92 Å². The van der Waals surface area contributed by atoms with Gasteiger partial charge in [-0.25, -0.2) is 9.59 Å². The van der Waals surface area contributed by atoms with Crippen LogP contribution in [-0.2, 0) is 27.2 Å². The van der Waals surface area contributed by atoms with Crippen LogP contribution in [0.4, 0.5) is 9.80 Å². The summed E-state index contributed by atoms with van der Waals surface area (Å²) < 4.78 is 5.24. The number of amides is 4. The first-order valence-electron chi connectivity index (χ1n) is 11.5. The lowest BCUT2D eigenvalue weighted by Gasteiger charge is -2.36. The van der Waals surface area contributed by atoms with Crippen LogP contribution < -0.4 is 10.6 Å². The molecule has 0 unspecified atom stereocenters. The number of rotatable bonds is 5. The highest BCUT2D eigenvalue weighted by atomic mass is 32.1. The molecule has 32 heavy (non-hydrogen) atoms. The maximum atomic E-state index is 13.1. The van der Waals surface area contributed by atoms with Gasteiger partial charge in [0.15, 0.2) is 0 Å². The first kappa shape index (κ1) is 22.8. The molecule has 0 radical (unpaired) electrons. The van der Waals surface area contributed by atoms with Crippen molar-refractivity contribution in [2.75, 3.05) is 18.5 Å². The SMILES string of the molecule is CCOC(=O)c1c(NC(=O)CN2C(=O)N[C@]3(CCCC[C@@H]3C)C2=O)sc2c1CC[C@H](C)C2. The Balaban J connectivity index is 1.53. The number of nitrogens with one attached hydrogen (secondary N) is 2. The van der Waals surface area contributed by atoms with Crippen molar-refractivity contribution >= 4 is 40.2 Å². The van der Waals surface area contributed by atoms with E-state index < -0.39 is 23.4 Å². The van der Waals surface area contributed by atoms with Crippen molar-refractivity contribution in [1.82, 2.24) is 10.2 Å². The van der Waals surface area contributed by atoms with Gasteiger partial charge in [-0.1, -0.05) is 26.7 Å². The number of urea groups is 1. The summed E-state index contributed by atoms with van der Waals surface area (Å²) in [4.78, 5) is 53.4. The average Bonchev–Trinajstić information content (AvgIpc) is 3.20. The van der Waals surface area contributed by atoms with E-state index in [9.17, 15) is 19.2 Å². The van der Waals surface area contributed by atoms with Crippen LogP contribution >= 0.6 is 11.3 Å². The Hall–Kier alpha value is -2.42. The number of fused-ring (bicyclic) bond motifs is 1. The normalized spacial score (nSPS) is 27.3. The summed E-state index contributed by atoms with van der Waals surface area (Å²) in [6, 6.07) is -0.524. The molecule has 3 atom stereocenters. The second-order valence-corrected chi connectivity index (χ2v) is 10.4. The highest BCUT2D eigenvalue weighted by molar-refractivity contribution is 7.17. The van der Waals surface area contributed by atoms with E-state index >= 15 is 0 Å². The Morgan fingerprint density at radius 1 is 1.25 bits per heavy atom. The third kappa shape index (κ3) is 3.91. The van der Waals surface area contributed by atoms with Crippen molar-refractivity contribution in [1.29, 1.82) is 0 Å². The Labute approximate surface area is 192 Å². The van der Waals surface area contributed by atoms with Gasteiger partial charge >= 0.3 is 12.0 Å². The molecule has 2 N–H and O–H groups in total. The summed E-state index contributed by atoms with van der Waals surface area (Å²) in [5, 5.41) is 6.11. The van der Waals surface area contributed by atoms with Gasteiger partial charge in [0, 0.05) is 4.88 Å². The largest absolute Gasteiger partial charge is 0.462 e. The maximum Gasteiger partial charge on any atom is 0.341 e. The molecule has 1 saturated carbocycles. The number of carbonyl (C=O) groups is 4. The van der Waals surface area contributed by atoms with Gasteiger partial charge in [-0.3, -0.25) is 14.5 Å². The monoisotopic (exact) mass is 461 g/mol. The van der Waals surface area contributed by atoms with Crippen LogP contribution in [0, 0.1) is 11.8 Å². The Bertz CT molecular complexity index is 958. The fraction of sp³-hybridized carbons (Fsp3) is 0.652. The molecule has 4 amide bonds. The number of hydrogen-bond acceptors (Lipinski definition) is 6. The number of nitrogens with zero attached hydrogens (tertiary/aromatic N) is 1. The summed E-state index contributed by atoms with van der Waals surface area (Å²) >= 11 is 1.39. The first-order valence-corrected chi connectivity index (χ1v) is 12.3. The zero-order chi connectivity index (χ0) is 23.0. The molecule has 2 aliphatic carbocycles. The van der Waals surface area contributed by atoms with Gasteiger partial charge < -0.3 is 15.4 Å². The van der Waals surface area contributed by atoms with Gasteiger partial charge in [0.05, 0.1) is 12.2 Å². The molecule has 1 saturated heterocycles. The van der Waals surface area contributed by atoms with Crippen molar-refractivity contribution in [3.05, 3.63) is 16.0 Å². The van der Waals surface area contributed by atoms with Gasteiger partial charge in [0.25, 0.3) is 5.91 Å². The molecule has 2 fully saturated rings. The summed E-state index contributed by atoms with van der Waals surface area (Å²) in [6.45, 7) is 5.77. The number of thiophene rings is 1. The summed E-state index contributed by atoms with van der Waals surface area (Å²) in [5.74, 6) is -0.720. The van der Waals surface area contributed by atoms with E-state index in [1.165, 1.54) is 11.3 Å². The highest BCUT2D eigenvalue weighted by Crippen LogP contribution is 2.41. The molecule has 4 rings (SSSR count). The van der Waals surface area contributed by atoms with Gasteiger partial charge in [0.2, 0.25) is 5.91 Å². The van der Waals surface area contributed by atoms with Crippen molar-refractivity contribution in [2.45, 2.75) is 71.3 Å². The van der Waals surface area contributed by atoms with Crippen LogP contribution in [0.1, 0.15) is 73.7 Å². The summed E-state index contributed by atoms with van der Waals surface area (Å²) in [6.07, 6.45) is 5.98. The Morgan fingerprint density at radius 3 is 2.75 bits per heavy atom. The van der Waals surface area contributed by atoms with Gasteiger partial charge in [-0.15, -0.1) is 11.3 Å². The fourth-order valence-electron chi connectivity index (χ4n) is 5.21. The standard InChI is InChI=1S/C23H31N3O5S/c1-4-31-20(28)18-15-9-8-13(2)11-16(15)32-19(18)24-17(27)12-26-21(29)23(25-22(26)30)10-6-5-7-14(23)3/h13-14H,4-12H2,1-3H3,(H,24,27)(H,25,30)/t13-,14-,23-/m0/s1. The zero-order valence-electron chi connectivity index (χ0n) is 18.9. The minimum atomic E-state index is -0.899. The van der Waals surface area contributed by atoms with Gasteiger partial charge in [-0.05, 0) is 56.4 Å². The summed E-state index contributed by atoms with van der Waals surface area (Å²) in [7, 11) is 0. The van der Waals surface area contributed by atoms with E-state index in [2.05, 4.69) is 17.6 Å². The van der Waals surface area contributed by atoms with E-state index in [1.807, 2.05) is 6.92 Å². The van der Waals surface area contributed by atoms with Crippen LogP contribution in [0.25, 0.3) is 0 Å². The molecule has 1 aromatic rings. The third-order valence-corrected chi connectivity index (χ3v) is 8.22. The predicted molar refractivity (Wildman–Crippen MR) is 121 cm³/mol. The lowest BCUT2D eigenvalue weighted by atomic mass is 9.73. The number of anilines is 1. The van der Waals surface area contributed by atoms with E-state index in [0.717, 1.165) is 53.9 Å². The molecule has 1 aromatic heterocycles. The minimum Gasteiger partial charge on any atom is -0.462 e. The molecule has 2 heterocycles. The van der Waals surface area contributed by atoms with Crippen LogP contribution in [0.15, 0.2) is 0 Å². The van der Waals surface area contributed by atoms with Crippen molar-refractivity contribution in [3.63, 3.8) is 0 Å². The predicted octanol–water partition coefficient (Wildman–Crippen LogP) is 3.49. The zero-order valence-corrected chi connectivity index (χ0v) is 19.7. The number of esters is 1. The van der Waals surface area contributed by atoms with Crippen LogP contribution in [0.5, 0.6) is 0 Å². The molecule has 0 aromatic carbocycles. The van der Waals surface area contributed by atoms with Crippen LogP contribution in [0.3, 0.4) is 0 Å². The molecule has 0 bridgehead atoms. The fourth-order valence-corrected chi connectivity index (χ4v) is 6.62. The molecule has 1 spiro atoms. The lowest BCUT2D eigenvalue weighted by molar-refractivity contribution is -0.136. The average molecular weight is 462 g/mol. The molecule has 1 aliphatic heterocycles. The number of carbonyl (C=O) groups excluding carboxylic acids is 4. The molecule has 9 heteroatoms. The first-order chi connectivity index (χ1) is 15.3. The lowest BCUT2D eigenvalue weighted by Crippen LogP contribution is -2.54. The number of imide groups is 1.